The average Bonchev–Trinajstić information content (AvgIpc) is 2.82. The number of hydrogen-bond acceptors (Lipinski definition) is 4. The lowest BCUT2D eigenvalue weighted by Gasteiger charge is -2.17. The molecule has 0 unspecified atom stereocenters. The van der Waals surface area contributed by atoms with Crippen molar-refractivity contribution in [1.82, 2.24) is 5.32 Å². The van der Waals surface area contributed by atoms with Crippen LogP contribution >= 0.6 is 0 Å². The van der Waals surface area contributed by atoms with Gasteiger partial charge in [-0.05, 0) is 47.5 Å². The Morgan fingerprint density at radius 3 is 2.21 bits per heavy atom. The van der Waals surface area contributed by atoms with Crippen molar-refractivity contribution in [1.29, 1.82) is 0 Å². The zero-order valence-corrected chi connectivity index (χ0v) is 17.8. The van der Waals surface area contributed by atoms with Crippen LogP contribution in [0.1, 0.15) is 27.0 Å². The first-order valence-corrected chi connectivity index (χ1v) is 10.1. The van der Waals surface area contributed by atoms with E-state index in [-0.39, 0.29) is 12.0 Å². The summed E-state index contributed by atoms with van der Waals surface area (Å²) >= 11 is 0. The van der Waals surface area contributed by atoms with Gasteiger partial charge in [-0.25, -0.2) is 4.79 Å². The van der Waals surface area contributed by atoms with Crippen molar-refractivity contribution in [3.63, 3.8) is 0 Å². The number of ether oxygens (including phenoxy) is 2. The van der Waals surface area contributed by atoms with E-state index in [2.05, 4.69) is 5.32 Å². The smallest absolute Gasteiger partial charge is 0.416 e. The molecule has 33 heavy (non-hydrogen) atoms. The topological polar surface area (TPSA) is 64.6 Å². The van der Waals surface area contributed by atoms with Crippen LogP contribution in [0.15, 0.2) is 78.9 Å². The maximum Gasteiger partial charge on any atom is 0.416 e. The third kappa shape index (κ3) is 6.83. The number of rotatable bonds is 8. The highest BCUT2D eigenvalue weighted by Gasteiger charge is 2.30. The molecule has 1 amide bonds. The second-order valence-corrected chi connectivity index (χ2v) is 7.25. The van der Waals surface area contributed by atoms with Crippen LogP contribution in [0.4, 0.5) is 13.2 Å². The minimum Gasteiger partial charge on any atom is -0.489 e. The van der Waals surface area contributed by atoms with Crippen LogP contribution in [0.25, 0.3) is 0 Å². The highest BCUT2D eigenvalue weighted by molar-refractivity contribution is 5.96. The summed E-state index contributed by atoms with van der Waals surface area (Å²) in [4.78, 5) is 24.8. The van der Waals surface area contributed by atoms with Crippen LogP contribution in [0.2, 0.25) is 0 Å². The molecule has 3 aromatic rings. The number of alkyl halides is 3. The molecular formula is C25H22F3NO4. The number of carbonyl (C=O) groups excluding carboxylic acids is 2. The largest absolute Gasteiger partial charge is 0.489 e. The molecule has 3 aromatic carbocycles. The molecule has 1 atom stereocenters. The lowest BCUT2D eigenvalue weighted by molar-refractivity contribution is -0.142. The van der Waals surface area contributed by atoms with E-state index in [1.54, 1.807) is 24.3 Å². The molecule has 0 radical (unpaired) electrons. The van der Waals surface area contributed by atoms with Gasteiger partial charge in [-0.3, -0.25) is 4.79 Å². The van der Waals surface area contributed by atoms with E-state index in [1.807, 2.05) is 30.3 Å². The summed E-state index contributed by atoms with van der Waals surface area (Å²) in [6.45, 7) is 0.370. The van der Waals surface area contributed by atoms with Gasteiger partial charge in [0.15, 0.2) is 0 Å². The lowest BCUT2D eigenvalue weighted by Crippen LogP contribution is -2.43. The summed E-state index contributed by atoms with van der Waals surface area (Å²) in [5.41, 5.74) is 0.843. The third-order valence-electron chi connectivity index (χ3n) is 4.85. The van der Waals surface area contributed by atoms with Gasteiger partial charge in [-0.15, -0.1) is 0 Å². The van der Waals surface area contributed by atoms with E-state index < -0.39 is 29.7 Å². The molecule has 0 heterocycles. The van der Waals surface area contributed by atoms with Crippen LogP contribution < -0.4 is 10.1 Å². The van der Waals surface area contributed by atoms with Gasteiger partial charge < -0.3 is 14.8 Å². The first-order valence-electron chi connectivity index (χ1n) is 10.1. The predicted octanol–water partition coefficient (Wildman–Crippen LogP) is 4.80. The number of benzene rings is 3. The summed E-state index contributed by atoms with van der Waals surface area (Å²) in [6, 6.07) is 19.4. The molecule has 8 heteroatoms. The zero-order chi connectivity index (χ0) is 23.8. The van der Waals surface area contributed by atoms with Gasteiger partial charge in [-0.2, -0.15) is 13.2 Å². The van der Waals surface area contributed by atoms with E-state index in [1.165, 1.54) is 7.11 Å². The van der Waals surface area contributed by atoms with Gasteiger partial charge in [0, 0.05) is 12.0 Å². The molecule has 0 saturated carbocycles. The SMILES string of the molecule is COC(=O)[C@H](Cc1cccc(OCc2ccccc2)c1)NC(=O)c1ccc(C(F)(F)F)cc1. The quantitative estimate of drug-likeness (QED) is 0.494. The van der Waals surface area contributed by atoms with E-state index >= 15 is 0 Å². The van der Waals surface area contributed by atoms with Crippen LogP contribution in [-0.2, 0) is 28.7 Å². The molecule has 172 valence electrons. The number of esters is 1. The molecule has 3 rings (SSSR count). The van der Waals surface area contributed by atoms with Crippen LogP contribution in [0, 0.1) is 0 Å². The van der Waals surface area contributed by atoms with Crippen molar-refractivity contribution in [2.45, 2.75) is 25.2 Å². The molecule has 0 aromatic heterocycles. The minimum atomic E-state index is -4.50. The number of nitrogens with one attached hydrogen (secondary N) is 1. The van der Waals surface area contributed by atoms with Crippen LogP contribution in [-0.4, -0.2) is 25.0 Å². The van der Waals surface area contributed by atoms with Crippen molar-refractivity contribution in [2.24, 2.45) is 0 Å². The van der Waals surface area contributed by atoms with Gasteiger partial charge >= 0.3 is 12.1 Å². The third-order valence-corrected chi connectivity index (χ3v) is 4.85. The predicted molar refractivity (Wildman–Crippen MR) is 116 cm³/mol. The maximum absolute atomic E-state index is 12.7. The molecule has 5 nitrogen and oxygen atoms in total. The van der Waals surface area contributed by atoms with Crippen molar-refractivity contribution in [3.8, 4) is 5.75 Å². The molecule has 0 aliphatic carbocycles. The maximum atomic E-state index is 12.7. The summed E-state index contributed by atoms with van der Waals surface area (Å²) in [5, 5.41) is 2.53. The van der Waals surface area contributed by atoms with Gasteiger partial charge in [0.1, 0.15) is 18.4 Å². The first-order chi connectivity index (χ1) is 15.8. The Hall–Kier alpha value is -3.81. The lowest BCUT2D eigenvalue weighted by atomic mass is 10.0. The molecule has 1 N–H and O–H groups in total. The first kappa shape index (κ1) is 23.8. The Labute approximate surface area is 189 Å². The molecule has 0 aliphatic heterocycles. The fourth-order valence-corrected chi connectivity index (χ4v) is 3.13. The summed E-state index contributed by atoms with van der Waals surface area (Å²) in [6.07, 6.45) is -4.39. The number of carbonyl (C=O) groups is 2. The van der Waals surface area contributed by atoms with Crippen molar-refractivity contribution >= 4 is 11.9 Å². The number of methoxy groups -OCH3 is 1. The normalized spacial score (nSPS) is 12.0. The Kier molecular flexibility index (Phi) is 7.71. The highest BCUT2D eigenvalue weighted by atomic mass is 19.4. The fraction of sp³-hybridized carbons (Fsp3) is 0.200. The molecule has 0 saturated heterocycles. The number of amides is 1. The van der Waals surface area contributed by atoms with Gasteiger partial charge in [0.05, 0.1) is 12.7 Å². The summed E-state index contributed by atoms with van der Waals surface area (Å²) in [5.74, 6) is -0.768. The highest BCUT2D eigenvalue weighted by Crippen LogP contribution is 2.29. The second-order valence-electron chi connectivity index (χ2n) is 7.25. The fourth-order valence-electron chi connectivity index (χ4n) is 3.13. The van der Waals surface area contributed by atoms with Crippen LogP contribution in [0.3, 0.4) is 0 Å². The van der Waals surface area contributed by atoms with E-state index in [4.69, 9.17) is 9.47 Å². The van der Waals surface area contributed by atoms with Crippen LogP contribution in [0.5, 0.6) is 5.75 Å². The molecule has 0 aliphatic rings. The summed E-state index contributed by atoms with van der Waals surface area (Å²) in [7, 11) is 1.19. The van der Waals surface area contributed by atoms with Crippen molar-refractivity contribution < 1.29 is 32.2 Å². The van der Waals surface area contributed by atoms with E-state index in [9.17, 15) is 22.8 Å². The average molecular weight is 457 g/mol. The molecule has 0 bridgehead atoms. The minimum absolute atomic E-state index is 0.00292. The van der Waals surface area contributed by atoms with Gasteiger partial charge in [0.2, 0.25) is 0 Å². The molecule has 0 fully saturated rings. The van der Waals surface area contributed by atoms with Crippen molar-refractivity contribution in [3.05, 3.63) is 101 Å². The van der Waals surface area contributed by atoms with Gasteiger partial charge in [0.25, 0.3) is 5.91 Å². The van der Waals surface area contributed by atoms with Gasteiger partial charge in [-0.1, -0.05) is 42.5 Å². The Morgan fingerprint density at radius 1 is 0.909 bits per heavy atom. The summed E-state index contributed by atoms with van der Waals surface area (Å²) < 4.78 is 48.8. The molecular weight excluding hydrogens is 435 g/mol. The Bertz CT molecular complexity index is 1080. The number of halogens is 3. The van der Waals surface area contributed by atoms with Crippen molar-refractivity contribution in [2.75, 3.05) is 7.11 Å². The van der Waals surface area contributed by atoms with E-state index in [0.717, 1.165) is 29.8 Å². The monoisotopic (exact) mass is 457 g/mol. The standard InChI is InChI=1S/C25H22F3NO4/c1-32-24(31)22(29-23(30)19-10-12-20(13-11-19)25(26,27)28)15-18-8-5-9-21(14-18)33-16-17-6-3-2-4-7-17/h2-14,22H,15-16H2,1H3,(H,29,30)/t22-/m0/s1. The van der Waals surface area contributed by atoms with E-state index in [0.29, 0.717) is 17.9 Å². The Morgan fingerprint density at radius 2 is 1.58 bits per heavy atom. The molecule has 0 spiro atoms. The zero-order valence-electron chi connectivity index (χ0n) is 17.8. The number of hydrogen-bond donors (Lipinski definition) is 1. The second kappa shape index (κ2) is 10.7. The Balaban J connectivity index is 1.68.